The number of benzene rings is 1. The molecule has 1 atom stereocenters. The van der Waals surface area contributed by atoms with E-state index in [-0.39, 0.29) is 17.3 Å². The third-order valence-corrected chi connectivity index (χ3v) is 6.77. The lowest BCUT2D eigenvalue weighted by molar-refractivity contribution is -0.137. The van der Waals surface area contributed by atoms with Crippen molar-refractivity contribution in [2.24, 2.45) is 0 Å². The molecule has 0 unspecified atom stereocenters. The van der Waals surface area contributed by atoms with Crippen LogP contribution in [0.2, 0.25) is 0 Å². The third kappa shape index (κ3) is 5.19. The van der Waals surface area contributed by atoms with Crippen LogP contribution in [0.3, 0.4) is 0 Å². The van der Waals surface area contributed by atoms with Crippen molar-refractivity contribution < 1.29 is 18.0 Å². The molecule has 3 aromatic heterocycles. The summed E-state index contributed by atoms with van der Waals surface area (Å²) in [6, 6.07) is 8.34. The fourth-order valence-corrected chi connectivity index (χ4v) is 5.01. The van der Waals surface area contributed by atoms with E-state index in [1.54, 1.807) is 30.5 Å². The van der Waals surface area contributed by atoms with E-state index in [0.29, 0.717) is 17.0 Å². The van der Waals surface area contributed by atoms with Gasteiger partial charge in [0, 0.05) is 42.2 Å². The first-order valence-corrected chi connectivity index (χ1v) is 12.5. The number of carbonyl (C=O) groups excluding carboxylic acids is 1. The van der Waals surface area contributed by atoms with Crippen molar-refractivity contribution in [1.82, 2.24) is 24.3 Å². The van der Waals surface area contributed by atoms with Crippen LogP contribution in [-0.2, 0) is 6.18 Å². The number of nitrogen functional groups attached to an aromatic ring is 1. The zero-order valence-electron chi connectivity index (χ0n) is 20.9. The van der Waals surface area contributed by atoms with Crippen LogP contribution in [0, 0.1) is 0 Å². The molecule has 0 aliphatic carbocycles. The van der Waals surface area contributed by atoms with Gasteiger partial charge in [-0.1, -0.05) is 19.1 Å². The number of amides is 1. The Kier molecular flexibility index (Phi) is 7.02. The Labute approximate surface area is 217 Å². The standard InChI is InChI=1S/C27H28F3N7O/c1-2-12-36-13-3-4-19(16-36)25-35-22(23-24(31)33-11-14-37(23)25)17-5-7-18(8-6-17)26(38)34-21-15-20(9-10-32-21)27(28,29)30/h5-11,14-15,19H,2-4,12-13,16H2,1H3,(H2,31,33)(H,32,34,38)/t19-/m1/s1. The first-order valence-electron chi connectivity index (χ1n) is 12.5. The second-order valence-electron chi connectivity index (χ2n) is 9.45. The van der Waals surface area contributed by atoms with Crippen molar-refractivity contribution in [2.75, 3.05) is 30.7 Å². The number of nitrogens with two attached hydrogens (primary N) is 1. The Bertz CT molecular complexity index is 1450. The lowest BCUT2D eigenvalue weighted by atomic mass is 9.97. The maximum atomic E-state index is 13.0. The van der Waals surface area contributed by atoms with Crippen LogP contribution in [0.1, 0.15) is 53.8 Å². The summed E-state index contributed by atoms with van der Waals surface area (Å²) in [6.07, 6.45) is 3.25. The summed E-state index contributed by atoms with van der Waals surface area (Å²) in [5.74, 6) is 0.797. The minimum atomic E-state index is -4.53. The second-order valence-corrected chi connectivity index (χ2v) is 9.45. The molecule has 1 amide bonds. The summed E-state index contributed by atoms with van der Waals surface area (Å²) >= 11 is 0. The molecule has 4 aromatic rings. The zero-order chi connectivity index (χ0) is 26.9. The van der Waals surface area contributed by atoms with Crippen LogP contribution in [0.4, 0.5) is 24.8 Å². The number of alkyl halides is 3. The average Bonchev–Trinajstić information content (AvgIpc) is 3.30. The number of nitrogens with one attached hydrogen (secondary N) is 1. The van der Waals surface area contributed by atoms with Gasteiger partial charge >= 0.3 is 6.18 Å². The number of nitrogens with zero attached hydrogens (tertiary/aromatic N) is 5. The van der Waals surface area contributed by atoms with E-state index in [1.807, 2.05) is 10.6 Å². The van der Waals surface area contributed by atoms with Gasteiger partial charge in [0.05, 0.1) is 5.56 Å². The van der Waals surface area contributed by atoms with E-state index in [1.165, 1.54) is 0 Å². The topological polar surface area (TPSA) is 101 Å². The van der Waals surface area contributed by atoms with Crippen molar-refractivity contribution in [3.8, 4) is 11.3 Å². The highest BCUT2D eigenvalue weighted by atomic mass is 19.4. The van der Waals surface area contributed by atoms with Gasteiger partial charge < -0.3 is 16.0 Å². The number of carbonyl (C=O) groups is 1. The molecule has 1 aliphatic heterocycles. The fraction of sp³-hybridized carbons (Fsp3) is 0.333. The van der Waals surface area contributed by atoms with E-state index in [2.05, 4.69) is 27.1 Å². The van der Waals surface area contributed by atoms with E-state index >= 15 is 0 Å². The molecule has 38 heavy (non-hydrogen) atoms. The van der Waals surface area contributed by atoms with Gasteiger partial charge in [-0.2, -0.15) is 13.2 Å². The predicted molar refractivity (Wildman–Crippen MR) is 139 cm³/mol. The van der Waals surface area contributed by atoms with Gasteiger partial charge in [0.25, 0.3) is 5.91 Å². The highest BCUT2D eigenvalue weighted by molar-refractivity contribution is 6.04. The molecule has 1 fully saturated rings. The highest BCUT2D eigenvalue weighted by Crippen LogP contribution is 2.34. The number of piperidine rings is 1. The maximum Gasteiger partial charge on any atom is 0.416 e. The number of likely N-dealkylation sites (tertiary alicyclic amines) is 1. The Morgan fingerprint density at radius 3 is 2.68 bits per heavy atom. The molecule has 0 bridgehead atoms. The number of hydrogen-bond acceptors (Lipinski definition) is 6. The molecule has 3 N–H and O–H groups in total. The molecule has 0 saturated carbocycles. The number of fused-ring (bicyclic) bond motifs is 1. The second kappa shape index (κ2) is 10.4. The summed E-state index contributed by atoms with van der Waals surface area (Å²) < 4.78 is 41.0. The number of halogens is 3. The lowest BCUT2D eigenvalue weighted by Gasteiger charge is -2.31. The first-order chi connectivity index (χ1) is 18.2. The molecule has 5 rings (SSSR count). The minimum Gasteiger partial charge on any atom is -0.382 e. The largest absolute Gasteiger partial charge is 0.416 e. The Morgan fingerprint density at radius 1 is 1.16 bits per heavy atom. The minimum absolute atomic E-state index is 0.179. The Hall–Kier alpha value is -3.99. The Morgan fingerprint density at radius 2 is 1.95 bits per heavy atom. The smallest absolute Gasteiger partial charge is 0.382 e. The van der Waals surface area contributed by atoms with Crippen molar-refractivity contribution in [3.63, 3.8) is 0 Å². The van der Waals surface area contributed by atoms with E-state index in [9.17, 15) is 18.0 Å². The van der Waals surface area contributed by atoms with Crippen molar-refractivity contribution >= 4 is 23.1 Å². The number of anilines is 2. The maximum absolute atomic E-state index is 13.0. The third-order valence-electron chi connectivity index (χ3n) is 6.77. The fourth-order valence-electron chi connectivity index (χ4n) is 5.01. The van der Waals surface area contributed by atoms with Gasteiger partial charge in [0.15, 0.2) is 0 Å². The van der Waals surface area contributed by atoms with Crippen LogP contribution in [-0.4, -0.2) is 49.8 Å². The molecule has 11 heteroatoms. The van der Waals surface area contributed by atoms with E-state index < -0.39 is 17.6 Å². The van der Waals surface area contributed by atoms with Gasteiger partial charge in [0.2, 0.25) is 0 Å². The molecule has 8 nitrogen and oxygen atoms in total. The molecule has 1 aromatic carbocycles. The van der Waals surface area contributed by atoms with Crippen LogP contribution >= 0.6 is 0 Å². The van der Waals surface area contributed by atoms with Gasteiger partial charge in [-0.25, -0.2) is 15.0 Å². The zero-order valence-corrected chi connectivity index (χ0v) is 20.9. The summed E-state index contributed by atoms with van der Waals surface area (Å²) in [6.45, 7) is 5.25. The number of aromatic nitrogens is 4. The normalized spacial score (nSPS) is 16.6. The quantitative estimate of drug-likeness (QED) is 0.359. The molecule has 0 radical (unpaired) electrons. The van der Waals surface area contributed by atoms with Crippen LogP contribution in [0.15, 0.2) is 55.0 Å². The van der Waals surface area contributed by atoms with Crippen LogP contribution < -0.4 is 11.1 Å². The van der Waals surface area contributed by atoms with Crippen LogP contribution in [0.5, 0.6) is 0 Å². The lowest BCUT2D eigenvalue weighted by Crippen LogP contribution is -2.35. The van der Waals surface area contributed by atoms with Crippen LogP contribution in [0.25, 0.3) is 16.8 Å². The molecule has 4 heterocycles. The molecule has 198 valence electrons. The van der Waals surface area contributed by atoms with Gasteiger partial charge in [-0.15, -0.1) is 0 Å². The van der Waals surface area contributed by atoms with Gasteiger partial charge in [-0.05, 0) is 56.6 Å². The summed E-state index contributed by atoms with van der Waals surface area (Å²) in [4.78, 5) is 28.3. The number of hydrogen-bond donors (Lipinski definition) is 2. The van der Waals surface area contributed by atoms with Gasteiger partial charge in [-0.3, -0.25) is 9.20 Å². The Balaban J connectivity index is 1.42. The highest BCUT2D eigenvalue weighted by Gasteiger charge is 2.31. The van der Waals surface area contributed by atoms with E-state index in [0.717, 1.165) is 68.6 Å². The molecular weight excluding hydrogens is 495 g/mol. The van der Waals surface area contributed by atoms with E-state index in [4.69, 9.17) is 10.7 Å². The molecular formula is C27H28F3N7O. The van der Waals surface area contributed by atoms with Gasteiger partial charge in [0.1, 0.15) is 28.7 Å². The predicted octanol–water partition coefficient (Wildman–Crippen LogP) is 5.23. The summed E-state index contributed by atoms with van der Waals surface area (Å²) in [7, 11) is 0. The monoisotopic (exact) mass is 523 g/mol. The van der Waals surface area contributed by atoms with Crippen molar-refractivity contribution in [3.05, 3.63) is 71.9 Å². The first kappa shape index (κ1) is 25.7. The summed E-state index contributed by atoms with van der Waals surface area (Å²) in [5, 5.41) is 2.43. The average molecular weight is 524 g/mol. The molecule has 1 saturated heterocycles. The number of rotatable bonds is 6. The van der Waals surface area contributed by atoms with Crippen molar-refractivity contribution in [1.29, 1.82) is 0 Å². The van der Waals surface area contributed by atoms with Crippen molar-refractivity contribution in [2.45, 2.75) is 38.3 Å². The molecule has 1 aliphatic rings. The summed E-state index contributed by atoms with van der Waals surface area (Å²) in [5.41, 5.74) is 7.80. The number of imidazole rings is 1. The molecule has 0 spiro atoms. The SMILES string of the molecule is CCCN1CCC[C@@H](c2nc(-c3ccc(C(=O)Nc4cc(C(F)(F)F)ccn4)cc3)c3c(N)nccn23)C1. The number of pyridine rings is 1.